The molecule has 1 saturated heterocycles. The molecule has 4 nitrogen and oxygen atoms in total. The number of carbonyl (C=O) groups excluding carboxylic acids is 1. The first-order valence-electron chi connectivity index (χ1n) is 9.77. The molecule has 138 valence electrons. The van der Waals surface area contributed by atoms with Crippen LogP contribution in [0.1, 0.15) is 38.7 Å². The predicted octanol–water partition coefficient (Wildman–Crippen LogP) is 2.96. The Kier molecular flexibility index (Phi) is 5.67. The number of likely N-dealkylation sites (N-methyl/N-ethyl adjacent to an activating group) is 1. The molecule has 0 aromatic heterocycles. The number of nitrogens with zero attached hydrogens (tertiary/aromatic N) is 1. The Morgan fingerprint density at radius 1 is 1.20 bits per heavy atom. The molecule has 0 radical (unpaired) electrons. The van der Waals surface area contributed by atoms with Gasteiger partial charge in [0.05, 0.1) is 6.04 Å². The molecule has 1 saturated carbocycles. The standard InChI is InChI=1S/C21H33N3O/c1-14(2)11-20(21(25)22-4)23-19-10-7-16-12-24(13-18(16)19)17-8-5-15(3)6-9-17/h5-6,8-9,14,16,18-20,23H,7,10-13H2,1-4H3,(H,22,25)/t16-,18+,19+,20+/m1/s1. The number of carbonyl (C=O) groups is 1. The number of fused-ring (bicyclic) bond motifs is 1. The van der Waals surface area contributed by atoms with Gasteiger partial charge in [0.2, 0.25) is 5.91 Å². The summed E-state index contributed by atoms with van der Waals surface area (Å²) < 4.78 is 0. The summed E-state index contributed by atoms with van der Waals surface area (Å²) >= 11 is 0. The number of anilines is 1. The lowest BCUT2D eigenvalue weighted by Gasteiger charge is -2.28. The van der Waals surface area contributed by atoms with Gasteiger partial charge in [0.25, 0.3) is 0 Å². The Hall–Kier alpha value is -1.55. The van der Waals surface area contributed by atoms with Crippen molar-refractivity contribution in [2.75, 3.05) is 25.0 Å². The highest BCUT2D eigenvalue weighted by Crippen LogP contribution is 2.40. The second kappa shape index (κ2) is 7.77. The van der Waals surface area contributed by atoms with E-state index < -0.39 is 0 Å². The highest BCUT2D eigenvalue weighted by molar-refractivity contribution is 5.81. The molecule has 2 aliphatic rings. The number of hydrogen-bond acceptors (Lipinski definition) is 3. The molecular formula is C21H33N3O. The molecule has 2 N–H and O–H groups in total. The van der Waals surface area contributed by atoms with E-state index in [9.17, 15) is 4.79 Å². The Labute approximate surface area is 152 Å². The predicted molar refractivity (Wildman–Crippen MR) is 104 cm³/mol. The number of nitrogens with one attached hydrogen (secondary N) is 2. The maximum atomic E-state index is 12.3. The van der Waals surface area contributed by atoms with Gasteiger partial charge in [-0.25, -0.2) is 0 Å². The third-order valence-electron chi connectivity index (χ3n) is 5.94. The van der Waals surface area contributed by atoms with Crippen LogP contribution in [0.15, 0.2) is 24.3 Å². The summed E-state index contributed by atoms with van der Waals surface area (Å²) in [5.74, 6) is 2.05. The van der Waals surface area contributed by atoms with Gasteiger partial charge in [0.1, 0.15) is 0 Å². The van der Waals surface area contributed by atoms with E-state index in [1.165, 1.54) is 24.1 Å². The van der Waals surface area contributed by atoms with E-state index in [-0.39, 0.29) is 11.9 Å². The van der Waals surface area contributed by atoms with Crippen LogP contribution in [0.3, 0.4) is 0 Å². The second-order valence-corrected chi connectivity index (χ2v) is 8.31. The summed E-state index contributed by atoms with van der Waals surface area (Å²) in [4.78, 5) is 14.8. The van der Waals surface area contributed by atoms with Crippen molar-refractivity contribution >= 4 is 11.6 Å². The van der Waals surface area contributed by atoms with E-state index in [4.69, 9.17) is 0 Å². The summed E-state index contributed by atoms with van der Waals surface area (Å²) in [6.45, 7) is 8.76. The highest BCUT2D eigenvalue weighted by Gasteiger charge is 2.43. The average molecular weight is 344 g/mol. The lowest BCUT2D eigenvalue weighted by Crippen LogP contribution is -2.50. The molecule has 4 heteroatoms. The van der Waals surface area contributed by atoms with E-state index in [1.807, 2.05) is 0 Å². The molecule has 1 aromatic carbocycles. The van der Waals surface area contributed by atoms with Crippen LogP contribution in [-0.2, 0) is 4.79 Å². The SMILES string of the molecule is CNC(=O)[C@H](CC(C)C)N[C@H]1CC[C@@H]2CN(c3ccc(C)cc3)C[C@@H]21. The fourth-order valence-electron chi connectivity index (χ4n) is 4.59. The van der Waals surface area contributed by atoms with Gasteiger partial charge < -0.3 is 15.5 Å². The zero-order chi connectivity index (χ0) is 18.0. The Bertz CT molecular complexity index is 583. The molecule has 4 atom stereocenters. The van der Waals surface area contributed by atoms with Crippen LogP contribution >= 0.6 is 0 Å². The average Bonchev–Trinajstić information content (AvgIpc) is 3.15. The summed E-state index contributed by atoms with van der Waals surface area (Å²) in [7, 11) is 1.74. The third kappa shape index (κ3) is 4.17. The topological polar surface area (TPSA) is 44.4 Å². The molecule has 0 unspecified atom stereocenters. The van der Waals surface area contributed by atoms with Crippen molar-refractivity contribution in [3.8, 4) is 0 Å². The van der Waals surface area contributed by atoms with Crippen LogP contribution < -0.4 is 15.5 Å². The van der Waals surface area contributed by atoms with Crippen LogP contribution in [0.2, 0.25) is 0 Å². The van der Waals surface area contributed by atoms with E-state index in [1.54, 1.807) is 7.05 Å². The van der Waals surface area contributed by atoms with E-state index in [0.717, 1.165) is 25.4 Å². The number of hydrogen-bond donors (Lipinski definition) is 2. The van der Waals surface area contributed by atoms with Crippen LogP contribution in [0.4, 0.5) is 5.69 Å². The van der Waals surface area contributed by atoms with Crippen molar-refractivity contribution in [1.82, 2.24) is 10.6 Å². The van der Waals surface area contributed by atoms with E-state index in [2.05, 4.69) is 60.6 Å². The monoisotopic (exact) mass is 343 g/mol. The van der Waals surface area contributed by atoms with Crippen molar-refractivity contribution in [1.29, 1.82) is 0 Å². The van der Waals surface area contributed by atoms with Crippen molar-refractivity contribution in [2.45, 2.75) is 52.1 Å². The summed E-state index contributed by atoms with van der Waals surface area (Å²) in [5, 5.41) is 6.54. The molecule has 1 heterocycles. The summed E-state index contributed by atoms with van der Waals surface area (Å²) in [6, 6.07) is 9.27. The first-order valence-corrected chi connectivity index (χ1v) is 9.77. The number of aryl methyl sites for hydroxylation is 1. The maximum Gasteiger partial charge on any atom is 0.236 e. The molecule has 0 bridgehead atoms. The zero-order valence-corrected chi connectivity index (χ0v) is 16.1. The number of rotatable bonds is 6. The minimum Gasteiger partial charge on any atom is -0.371 e. The lowest BCUT2D eigenvalue weighted by molar-refractivity contribution is -0.123. The van der Waals surface area contributed by atoms with Gasteiger partial charge in [-0.3, -0.25) is 4.79 Å². The maximum absolute atomic E-state index is 12.3. The summed E-state index contributed by atoms with van der Waals surface area (Å²) in [6.07, 6.45) is 3.37. The van der Waals surface area contributed by atoms with Crippen LogP contribution in [-0.4, -0.2) is 38.1 Å². The van der Waals surface area contributed by atoms with Crippen LogP contribution in [0.25, 0.3) is 0 Å². The van der Waals surface area contributed by atoms with Gasteiger partial charge in [0.15, 0.2) is 0 Å². The molecule has 0 spiro atoms. The Balaban J connectivity index is 1.64. The first kappa shape index (κ1) is 18.2. The van der Waals surface area contributed by atoms with Crippen molar-refractivity contribution in [3.05, 3.63) is 29.8 Å². The van der Waals surface area contributed by atoms with Gasteiger partial charge in [-0.1, -0.05) is 31.5 Å². The zero-order valence-electron chi connectivity index (χ0n) is 16.1. The molecule has 1 aliphatic heterocycles. The van der Waals surface area contributed by atoms with Gasteiger partial charge in [-0.15, -0.1) is 0 Å². The largest absolute Gasteiger partial charge is 0.371 e. The Morgan fingerprint density at radius 3 is 2.56 bits per heavy atom. The van der Waals surface area contributed by atoms with Crippen molar-refractivity contribution in [2.24, 2.45) is 17.8 Å². The molecule has 1 amide bonds. The summed E-state index contributed by atoms with van der Waals surface area (Å²) in [5.41, 5.74) is 2.65. The highest BCUT2D eigenvalue weighted by atomic mass is 16.2. The molecule has 1 aliphatic carbocycles. The molecule has 25 heavy (non-hydrogen) atoms. The fraction of sp³-hybridized carbons (Fsp3) is 0.667. The van der Waals surface area contributed by atoms with Gasteiger partial charge in [0, 0.05) is 31.9 Å². The normalized spacial score (nSPS) is 26.8. The first-order chi connectivity index (χ1) is 12.0. The smallest absolute Gasteiger partial charge is 0.236 e. The van der Waals surface area contributed by atoms with Crippen molar-refractivity contribution in [3.63, 3.8) is 0 Å². The number of amides is 1. The molecule has 1 aromatic rings. The van der Waals surface area contributed by atoms with E-state index in [0.29, 0.717) is 17.9 Å². The number of benzene rings is 1. The molecule has 3 rings (SSSR count). The Morgan fingerprint density at radius 2 is 1.92 bits per heavy atom. The molecular weight excluding hydrogens is 310 g/mol. The molecule has 2 fully saturated rings. The minimum absolute atomic E-state index is 0.0674. The second-order valence-electron chi connectivity index (χ2n) is 8.31. The van der Waals surface area contributed by atoms with Gasteiger partial charge >= 0.3 is 0 Å². The third-order valence-corrected chi connectivity index (χ3v) is 5.94. The quantitative estimate of drug-likeness (QED) is 0.835. The lowest BCUT2D eigenvalue weighted by atomic mass is 9.95. The fourth-order valence-corrected chi connectivity index (χ4v) is 4.59. The van der Waals surface area contributed by atoms with Crippen LogP contribution in [0, 0.1) is 24.7 Å². The van der Waals surface area contributed by atoms with Gasteiger partial charge in [-0.2, -0.15) is 0 Å². The van der Waals surface area contributed by atoms with Crippen LogP contribution in [0.5, 0.6) is 0 Å². The minimum atomic E-state index is -0.0674. The van der Waals surface area contributed by atoms with Gasteiger partial charge in [-0.05, 0) is 56.1 Å². The van der Waals surface area contributed by atoms with E-state index >= 15 is 0 Å². The van der Waals surface area contributed by atoms with Crippen molar-refractivity contribution < 1.29 is 4.79 Å².